The van der Waals surface area contributed by atoms with Crippen molar-refractivity contribution >= 4 is 22.7 Å². The number of halogens is 1. The van der Waals surface area contributed by atoms with Gasteiger partial charge in [-0.1, -0.05) is 45.0 Å². The van der Waals surface area contributed by atoms with Crippen molar-refractivity contribution in [1.29, 1.82) is 5.26 Å². The van der Waals surface area contributed by atoms with E-state index in [1.54, 1.807) is 30.3 Å². The Balaban J connectivity index is 1.58. The number of benzene rings is 2. The van der Waals surface area contributed by atoms with Gasteiger partial charge in [0.25, 0.3) is 5.91 Å². The molecule has 4 rings (SSSR count). The molecule has 3 atom stereocenters. The Morgan fingerprint density at radius 1 is 1.22 bits per heavy atom. The molecule has 0 spiro atoms. The van der Waals surface area contributed by atoms with E-state index >= 15 is 0 Å². The van der Waals surface area contributed by atoms with Crippen LogP contribution in [-0.4, -0.2) is 45.9 Å². The summed E-state index contributed by atoms with van der Waals surface area (Å²) in [6.45, 7) is 6.31. The minimum absolute atomic E-state index is 0.0303. The molecule has 0 aliphatic heterocycles. The second kappa shape index (κ2) is 10.1. The van der Waals surface area contributed by atoms with Crippen molar-refractivity contribution in [2.24, 2.45) is 17.3 Å². The number of aliphatic hydroxyl groups is 1. The number of nitriles is 1. The summed E-state index contributed by atoms with van der Waals surface area (Å²) in [7, 11) is 0. The molecule has 0 saturated heterocycles. The molecule has 9 heteroatoms. The van der Waals surface area contributed by atoms with Crippen LogP contribution in [0.5, 0.6) is 0 Å². The maximum atomic E-state index is 14.9. The molecule has 0 radical (unpaired) electrons. The summed E-state index contributed by atoms with van der Waals surface area (Å²) in [4.78, 5) is 26.4. The van der Waals surface area contributed by atoms with Crippen LogP contribution in [0.1, 0.15) is 48.8 Å². The average molecular weight is 492 g/mol. The molecule has 36 heavy (non-hydrogen) atoms. The molecule has 0 unspecified atom stereocenters. The Labute approximate surface area is 209 Å². The van der Waals surface area contributed by atoms with E-state index in [1.807, 2.05) is 20.8 Å². The second-order valence-corrected chi connectivity index (χ2v) is 10.4. The van der Waals surface area contributed by atoms with Gasteiger partial charge in [-0.25, -0.2) is 4.39 Å². The van der Waals surface area contributed by atoms with Crippen molar-refractivity contribution in [1.82, 2.24) is 20.4 Å². The van der Waals surface area contributed by atoms with Crippen LogP contribution in [0.3, 0.4) is 0 Å². The summed E-state index contributed by atoms with van der Waals surface area (Å²) >= 11 is 0. The predicted molar refractivity (Wildman–Crippen MR) is 132 cm³/mol. The predicted octanol–water partition coefficient (Wildman–Crippen LogP) is 2.98. The molecule has 1 aromatic heterocycles. The zero-order chi connectivity index (χ0) is 26.0. The number of aromatic nitrogens is 2. The number of carbonyl (C=O) groups is 2. The molecule has 2 aromatic carbocycles. The van der Waals surface area contributed by atoms with Crippen molar-refractivity contribution in [2.45, 2.75) is 39.8 Å². The summed E-state index contributed by atoms with van der Waals surface area (Å²) < 4.78 is 16.3. The number of hydrogen-bond donors (Lipinski definition) is 3. The standard InChI is InChI=1S/C27H30FN5O3/c1-27(2,3)24(26(36)30-13-18-11-19(18)15-34)31-25(35)22-20-5-4-6-21(28)23(20)33(32-22)14-17-9-7-16(12-29)8-10-17/h4-10,18-19,24,34H,11,13-15H2,1-3H3,(H,30,36)(H,31,35)/t18-,19-,24-/m1/s1. The first kappa shape index (κ1) is 25.3. The quantitative estimate of drug-likeness (QED) is 0.448. The molecule has 2 amide bonds. The van der Waals surface area contributed by atoms with E-state index < -0.39 is 23.2 Å². The zero-order valence-corrected chi connectivity index (χ0v) is 20.6. The third-order valence-corrected chi connectivity index (χ3v) is 6.60. The minimum Gasteiger partial charge on any atom is -0.396 e. The number of carbonyl (C=O) groups excluding carboxylic acids is 2. The van der Waals surface area contributed by atoms with E-state index in [-0.39, 0.29) is 42.1 Å². The summed E-state index contributed by atoms with van der Waals surface area (Å²) in [6.07, 6.45) is 0.873. The molecule has 1 fully saturated rings. The fraction of sp³-hybridized carbons (Fsp3) is 0.407. The monoisotopic (exact) mass is 491 g/mol. The number of amides is 2. The van der Waals surface area contributed by atoms with Crippen molar-refractivity contribution in [3.8, 4) is 6.07 Å². The minimum atomic E-state index is -0.844. The Bertz CT molecular complexity index is 1320. The normalized spacial score (nSPS) is 17.9. The Kier molecular flexibility index (Phi) is 7.09. The Morgan fingerprint density at radius 3 is 2.56 bits per heavy atom. The van der Waals surface area contributed by atoms with Crippen LogP contribution < -0.4 is 10.6 Å². The third kappa shape index (κ3) is 5.39. The van der Waals surface area contributed by atoms with Gasteiger partial charge in [0.05, 0.1) is 18.2 Å². The number of nitrogens with zero attached hydrogens (tertiary/aromatic N) is 3. The number of fused-ring (bicyclic) bond motifs is 1. The lowest BCUT2D eigenvalue weighted by Gasteiger charge is -2.30. The second-order valence-electron chi connectivity index (χ2n) is 10.4. The smallest absolute Gasteiger partial charge is 0.273 e. The lowest BCUT2D eigenvalue weighted by atomic mass is 9.86. The highest BCUT2D eigenvalue weighted by Crippen LogP contribution is 2.37. The van der Waals surface area contributed by atoms with Gasteiger partial charge in [0.1, 0.15) is 17.4 Å². The maximum Gasteiger partial charge on any atom is 0.273 e. The fourth-order valence-corrected chi connectivity index (χ4v) is 4.33. The van der Waals surface area contributed by atoms with Gasteiger partial charge in [-0.15, -0.1) is 0 Å². The Hall–Kier alpha value is -3.77. The first-order valence-corrected chi connectivity index (χ1v) is 12.0. The first-order valence-electron chi connectivity index (χ1n) is 12.0. The topological polar surface area (TPSA) is 120 Å². The van der Waals surface area contributed by atoms with Gasteiger partial charge < -0.3 is 15.7 Å². The van der Waals surface area contributed by atoms with Crippen LogP contribution in [0.4, 0.5) is 4.39 Å². The molecule has 3 aromatic rings. The number of hydrogen-bond acceptors (Lipinski definition) is 5. The van der Waals surface area contributed by atoms with E-state index in [4.69, 9.17) is 5.26 Å². The Morgan fingerprint density at radius 2 is 1.94 bits per heavy atom. The van der Waals surface area contributed by atoms with Crippen LogP contribution in [-0.2, 0) is 11.3 Å². The van der Waals surface area contributed by atoms with Gasteiger partial charge in [-0.2, -0.15) is 10.4 Å². The molecule has 8 nitrogen and oxygen atoms in total. The summed E-state index contributed by atoms with van der Waals surface area (Å²) in [5.41, 5.74) is 0.929. The highest BCUT2D eigenvalue weighted by molar-refractivity contribution is 6.06. The van der Waals surface area contributed by atoms with Crippen molar-refractivity contribution < 1.29 is 19.1 Å². The number of aliphatic hydroxyl groups excluding tert-OH is 1. The van der Waals surface area contributed by atoms with Gasteiger partial charge in [0.2, 0.25) is 5.91 Å². The lowest BCUT2D eigenvalue weighted by molar-refractivity contribution is -0.125. The van der Waals surface area contributed by atoms with Gasteiger partial charge in [-0.05, 0) is 47.4 Å². The largest absolute Gasteiger partial charge is 0.396 e. The maximum absolute atomic E-state index is 14.9. The molecule has 188 valence electrons. The fourth-order valence-electron chi connectivity index (χ4n) is 4.33. The summed E-state index contributed by atoms with van der Waals surface area (Å²) in [5, 5.41) is 28.7. The van der Waals surface area contributed by atoms with E-state index in [0.717, 1.165) is 12.0 Å². The molecule has 3 N–H and O–H groups in total. The van der Waals surface area contributed by atoms with Crippen LogP contribution in [0, 0.1) is 34.4 Å². The van der Waals surface area contributed by atoms with E-state index in [9.17, 15) is 19.1 Å². The van der Waals surface area contributed by atoms with E-state index in [2.05, 4.69) is 21.8 Å². The summed E-state index contributed by atoms with van der Waals surface area (Å²) in [6, 6.07) is 12.5. The number of rotatable bonds is 8. The third-order valence-electron chi connectivity index (χ3n) is 6.60. The van der Waals surface area contributed by atoms with Crippen molar-refractivity contribution in [3.05, 3.63) is 65.1 Å². The van der Waals surface area contributed by atoms with Gasteiger partial charge in [0, 0.05) is 18.5 Å². The van der Waals surface area contributed by atoms with Crippen LogP contribution in [0.25, 0.3) is 10.9 Å². The molecule has 1 aliphatic rings. The molecule has 1 saturated carbocycles. The molecule has 0 bridgehead atoms. The van der Waals surface area contributed by atoms with Crippen molar-refractivity contribution in [3.63, 3.8) is 0 Å². The van der Waals surface area contributed by atoms with Crippen molar-refractivity contribution in [2.75, 3.05) is 13.2 Å². The number of nitrogens with one attached hydrogen (secondary N) is 2. The van der Waals surface area contributed by atoms with Crippen LogP contribution >= 0.6 is 0 Å². The van der Waals surface area contributed by atoms with Crippen LogP contribution in [0.15, 0.2) is 42.5 Å². The first-order chi connectivity index (χ1) is 17.1. The lowest BCUT2D eigenvalue weighted by Crippen LogP contribution is -2.54. The van der Waals surface area contributed by atoms with Crippen LogP contribution in [0.2, 0.25) is 0 Å². The van der Waals surface area contributed by atoms with Gasteiger partial charge in [-0.3, -0.25) is 14.3 Å². The highest BCUT2D eigenvalue weighted by atomic mass is 19.1. The molecule has 1 heterocycles. The molecular weight excluding hydrogens is 461 g/mol. The molecular formula is C27H30FN5O3. The molecule has 1 aliphatic carbocycles. The number of para-hydroxylation sites is 1. The average Bonchev–Trinajstić information content (AvgIpc) is 3.52. The summed E-state index contributed by atoms with van der Waals surface area (Å²) in [5.74, 6) is -0.930. The van der Waals surface area contributed by atoms with Gasteiger partial charge >= 0.3 is 0 Å². The van der Waals surface area contributed by atoms with Gasteiger partial charge in [0.15, 0.2) is 5.69 Å². The highest BCUT2D eigenvalue weighted by Gasteiger charge is 2.38. The van der Waals surface area contributed by atoms with E-state index in [1.165, 1.54) is 16.8 Å². The SMILES string of the molecule is CC(C)(C)[C@H](NC(=O)c1nn(Cc2ccc(C#N)cc2)c2c(F)cccc12)C(=O)NC[C@H]1C[C@@H]1CO. The van der Waals surface area contributed by atoms with E-state index in [0.29, 0.717) is 17.5 Å². The zero-order valence-electron chi connectivity index (χ0n) is 20.6.